The average Bonchev–Trinajstić information content (AvgIpc) is 2.62. The molecule has 5 nitrogen and oxygen atoms in total. The van der Waals surface area contributed by atoms with Crippen LogP contribution in [0.4, 0.5) is 8.78 Å². The summed E-state index contributed by atoms with van der Waals surface area (Å²) >= 11 is 0. The fourth-order valence-electron chi connectivity index (χ4n) is 2.43. The van der Waals surface area contributed by atoms with Crippen molar-refractivity contribution in [1.29, 1.82) is 0 Å². The number of halogens is 2. The fraction of sp³-hybridized carbons (Fsp3) is 0. The molecule has 2 heterocycles. The molecule has 126 valence electrons. The summed E-state index contributed by atoms with van der Waals surface area (Å²) in [6, 6.07) is 13.4. The molecular formula is C17H9F2NO4S. The number of fused-ring (bicyclic) bond motifs is 2. The largest absolute Gasteiger partial charge is 0.446 e. The molecule has 0 fully saturated rings. The Morgan fingerprint density at radius 2 is 1.44 bits per heavy atom. The van der Waals surface area contributed by atoms with Crippen LogP contribution in [0, 0.1) is 11.8 Å². The van der Waals surface area contributed by atoms with E-state index in [1.54, 1.807) is 18.2 Å². The van der Waals surface area contributed by atoms with Crippen LogP contribution in [-0.2, 0) is 9.84 Å². The number of aromatic nitrogens is 1. The van der Waals surface area contributed by atoms with Gasteiger partial charge < -0.3 is 9.47 Å². The van der Waals surface area contributed by atoms with Gasteiger partial charge >= 0.3 is 0 Å². The van der Waals surface area contributed by atoms with Gasteiger partial charge in [-0.2, -0.15) is 9.37 Å². The first-order valence-electron chi connectivity index (χ1n) is 7.12. The van der Waals surface area contributed by atoms with E-state index in [1.165, 1.54) is 36.4 Å². The number of benzene rings is 2. The maximum atomic E-state index is 14.4. The Morgan fingerprint density at radius 3 is 2.12 bits per heavy atom. The van der Waals surface area contributed by atoms with E-state index in [9.17, 15) is 17.2 Å². The minimum Gasteiger partial charge on any atom is -0.446 e. The van der Waals surface area contributed by atoms with Crippen LogP contribution in [0.1, 0.15) is 0 Å². The first-order chi connectivity index (χ1) is 12.0. The molecule has 25 heavy (non-hydrogen) atoms. The van der Waals surface area contributed by atoms with Gasteiger partial charge in [-0.1, -0.05) is 30.3 Å². The summed E-state index contributed by atoms with van der Waals surface area (Å²) in [5, 5.41) is 0. The Balaban J connectivity index is 1.98. The van der Waals surface area contributed by atoms with Gasteiger partial charge in [0.1, 0.15) is 0 Å². The maximum absolute atomic E-state index is 14.4. The van der Waals surface area contributed by atoms with Crippen molar-refractivity contribution in [3.05, 3.63) is 66.4 Å². The summed E-state index contributed by atoms with van der Waals surface area (Å²) in [6.07, 6.45) is 0. The molecule has 4 rings (SSSR count). The second kappa shape index (κ2) is 5.52. The number of nitrogens with zero attached hydrogens (tertiary/aromatic N) is 1. The zero-order chi connectivity index (χ0) is 17.6. The van der Waals surface area contributed by atoms with Gasteiger partial charge in [0.25, 0.3) is 11.8 Å². The monoisotopic (exact) mass is 361 g/mol. The van der Waals surface area contributed by atoms with E-state index in [0.29, 0.717) is 0 Å². The van der Waals surface area contributed by atoms with Crippen LogP contribution in [0.3, 0.4) is 0 Å². The van der Waals surface area contributed by atoms with Gasteiger partial charge in [-0.3, -0.25) is 0 Å². The van der Waals surface area contributed by atoms with Crippen molar-refractivity contribution in [2.75, 3.05) is 0 Å². The van der Waals surface area contributed by atoms with E-state index in [-0.39, 0.29) is 16.4 Å². The molecule has 0 bridgehead atoms. The second-order valence-corrected chi connectivity index (χ2v) is 7.03. The predicted molar refractivity (Wildman–Crippen MR) is 82.6 cm³/mol. The highest BCUT2D eigenvalue weighted by Crippen LogP contribution is 2.48. The highest BCUT2D eigenvalue weighted by Gasteiger charge is 2.36. The van der Waals surface area contributed by atoms with Gasteiger partial charge in [0.05, 0.1) is 4.90 Å². The molecule has 0 aliphatic carbocycles. The molecular weight excluding hydrogens is 352 g/mol. The summed E-state index contributed by atoms with van der Waals surface area (Å²) in [4.78, 5) is 2.17. The zero-order valence-electron chi connectivity index (χ0n) is 12.4. The highest BCUT2D eigenvalue weighted by atomic mass is 32.2. The number of para-hydroxylation sites is 2. The summed E-state index contributed by atoms with van der Waals surface area (Å²) in [5.41, 5.74) is 0. The lowest BCUT2D eigenvalue weighted by Crippen LogP contribution is -2.13. The van der Waals surface area contributed by atoms with Crippen LogP contribution in [0.25, 0.3) is 0 Å². The van der Waals surface area contributed by atoms with E-state index >= 15 is 0 Å². The number of pyridine rings is 1. The van der Waals surface area contributed by atoms with Crippen molar-refractivity contribution in [2.24, 2.45) is 0 Å². The highest BCUT2D eigenvalue weighted by molar-refractivity contribution is 7.91. The van der Waals surface area contributed by atoms with E-state index in [1.807, 2.05) is 0 Å². The lowest BCUT2D eigenvalue weighted by atomic mass is 10.3. The average molecular weight is 361 g/mol. The standard InChI is InChI=1S/C17H9F2NO4S/c18-13-15(25(21,22)10-6-2-1-3-7-10)14-17(20-16(13)19)24-12-9-5-4-8-11(12)23-14/h1-9H. The third-order valence-electron chi connectivity index (χ3n) is 3.57. The molecule has 1 aliphatic heterocycles. The molecule has 0 saturated carbocycles. The molecule has 3 aromatic rings. The third kappa shape index (κ3) is 2.42. The first kappa shape index (κ1) is 15.5. The smallest absolute Gasteiger partial charge is 0.267 e. The van der Waals surface area contributed by atoms with Gasteiger partial charge in [-0.15, -0.1) is 0 Å². The molecule has 0 atom stereocenters. The van der Waals surface area contributed by atoms with E-state index in [0.717, 1.165) is 0 Å². The molecule has 8 heteroatoms. The molecule has 1 aromatic heterocycles. The van der Waals surface area contributed by atoms with Crippen molar-refractivity contribution >= 4 is 9.84 Å². The van der Waals surface area contributed by atoms with E-state index in [4.69, 9.17) is 9.47 Å². The van der Waals surface area contributed by atoms with Gasteiger partial charge in [0.2, 0.25) is 21.4 Å². The molecule has 0 saturated heterocycles. The number of sulfone groups is 1. The van der Waals surface area contributed by atoms with Gasteiger partial charge in [-0.05, 0) is 24.3 Å². The lowest BCUT2D eigenvalue weighted by Gasteiger charge is -2.22. The van der Waals surface area contributed by atoms with Crippen LogP contribution in [0.15, 0.2) is 64.4 Å². The van der Waals surface area contributed by atoms with Crippen molar-refractivity contribution in [1.82, 2.24) is 4.98 Å². The Kier molecular flexibility index (Phi) is 3.43. The minimum atomic E-state index is -4.40. The van der Waals surface area contributed by atoms with Gasteiger partial charge in [0, 0.05) is 0 Å². The summed E-state index contributed by atoms with van der Waals surface area (Å²) in [6.45, 7) is 0. The van der Waals surface area contributed by atoms with Gasteiger partial charge in [0.15, 0.2) is 16.4 Å². The van der Waals surface area contributed by atoms with Crippen LogP contribution < -0.4 is 9.47 Å². The predicted octanol–water partition coefficient (Wildman–Crippen LogP) is 4.09. The first-order valence-corrected chi connectivity index (χ1v) is 8.60. The molecule has 2 aromatic carbocycles. The second-order valence-electron chi connectivity index (χ2n) is 5.15. The number of rotatable bonds is 2. The lowest BCUT2D eigenvalue weighted by molar-refractivity contribution is 0.318. The Labute approximate surface area is 141 Å². The van der Waals surface area contributed by atoms with Crippen LogP contribution >= 0.6 is 0 Å². The fourth-order valence-corrected chi connectivity index (χ4v) is 3.87. The summed E-state index contributed by atoms with van der Waals surface area (Å²) in [7, 11) is -4.40. The number of hydrogen-bond acceptors (Lipinski definition) is 5. The molecule has 0 spiro atoms. The summed E-state index contributed by atoms with van der Waals surface area (Å²) in [5.74, 6) is -3.75. The Hall–Kier alpha value is -3.00. The quantitative estimate of drug-likeness (QED) is 0.503. The van der Waals surface area contributed by atoms with Gasteiger partial charge in [-0.25, -0.2) is 12.8 Å². The van der Waals surface area contributed by atoms with E-state index in [2.05, 4.69) is 4.98 Å². The molecule has 0 N–H and O–H groups in total. The van der Waals surface area contributed by atoms with Crippen molar-refractivity contribution < 1.29 is 26.7 Å². The van der Waals surface area contributed by atoms with E-state index < -0.39 is 38.1 Å². The molecule has 0 unspecified atom stereocenters. The van der Waals surface area contributed by atoms with Crippen LogP contribution in [-0.4, -0.2) is 13.4 Å². The Bertz CT molecular complexity index is 1090. The van der Waals surface area contributed by atoms with Crippen molar-refractivity contribution in [3.63, 3.8) is 0 Å². The number of hydrogen-bond donors (Lipinski definition) is 0. The summed E-state index contributed by atoms with van der Waals surface area (Å²) < 4.78 is 64.8. The zero-order valence-corrected chi connectivity index (χ0v) is 13.3. The topological polar surface area (TPSA) is 65.5 Å². The molecule has 0 radical (unpaired) electrons. The number of ether oxygens (including phenoxy) is 2. The van der Waals surface area contributed by atoms with Crippen LogP contribution in [0.5, 0.6) is 23.1 Å². The minimum absolute atomic E-state index is 0.173. The SMILES string of the molecule is O=S(=O)(c1ccccc1)c1c(F)c(F)nc2c1Oc1ccccc1O2. The molecule has 0 amide bonds. The Morgan fingerprint density at radius 1 is 0.840 bits per heavy atom. The maximum Gasteiger partial charge on any atom is 0.267 e. The third-order valence-corrected chi connectivity index (χ3v) is 5.37. The molecule has 1 aliphatic rings. The van der Waals surface area contributed by atoms with Crippen LogP contribution in [0.2, 0.25) is 0 Å². The van der Waals surface area contributed by atoms with Crippen molar-refractivity contribution in [2.45, 2.75) is 9.79 Å². The normalized spacial score (nSPS) is 12.6. The van der Waals surface area contributed by atoms with Crippen molar-refractivity contribution in [3.8, 4) is 23.1 Å².